The average Bonchev–Trinajstić information content (AvgIpc) is 3.34. The maximum atomic E-state index is 12.6. The maximum absolute atomic E-state index is 12.6. The molecule has 68 heavy (non-hydrogen) atoms. The Bertz CT molecular complexity index is 990. The third-order valence-corrected chi connectivity index (χ3v) is 15.0. The number of hydrogen-bond acceptors (Lipinski definition) is 5. The lowest BCUT2D eigenvalue weighted by Gasteiger charge is -2.27. The lowest BCUT2D eigenvalue weighted by atomic mass is 9.99. The third kappa shape index (κ3) is 50.0. The van der Waals surface area contributed by atoms with Crippen molar-refractivity contribution in [2.45, 2.75) is 372 Å². The summed E-state index contributed by atoms with van der Waals surface area (Å²) in [5.74, 6) is -0.581. The van der Waals surface area contributed by atoms with Gasteiger partial charge in [0, 0.05) is 0 Å². The van der Waals surface area contributed by atoms with Crippen LogP contribution in [-0.4, -0.2) is 57.3 Å². The van der Waals surface area contributed by atoms with E-state index in [1.165, 1.54) is 283 Å². The van der Waals surface area contributed by atoms with Crippen LogP contribution in [0.25, 0.3) is 0 Å². The van der Waals surface area contributed by atoms with E-state index in [4.69, 9.17) is 0 Å². The number of hydrogen-bond donors (Lipinski definition) is 5. The molecule has 6 heteroatoms. The number of aliphatic hydroxyl groups is 4. The van der Waals surface area contributed by atoms with Gasteiger partial charge >= 0.3 is 0 Å². The minimum atomic E-state index is -1.26. The van der Waals surface area contributed by atoms with Crippen molar-refractivity contribution in [2.24, 2.45) is 0 Å². The third-order valence-electron chi connectivity index (χ3n) is 15.0. The SMILES string of the molecule is CCCCCCCCCCCCCC/C=C\CCCCCCCCCC(O)C(=O)NC(CO)C(O)C(O)CCCCCCCCCCCCCCCCCCCCCCCCCCCCCCC. The van der Waals surface area contributed by atoms with Crippen LogP contribution in [0.4, 0.5) is 0 Å². The van der Waals surface area contributed by atoms with Gasteiger partial charge in [-0.2, -0.15) is 0 Å². The first-order valence-electron chi connectivity index (χ1n) is 31.1. The summed E-state index contributed by atoms with van der Waals surface area (Å²) in [6.07, 6.45) is 68.7. The molecule has 0 spiro atoms. The lowest BCUT2D eigenvalue weighted by Crippen LogP contribution is -2.53. The quantitative estimate of drug-likeness (QED) is 0.0308. The monoisotopic (exact) mass is 962 g/mol. The molecule has 0 bridgehead atoms. The van der Waals surface area contributed by atoms with Crippen LogP contribution >= 0.6 is 0 Å². The largest absolute Gasteiger partial charge is 0.394 e. The van der Waals surface area contributed by atoms with E-state index in [1.54, 1.807) is 0 Å². The molecule has 0 rings (SSSR count). The zero-order valence-corrected chi connectivity index (χ0v) is 46.1. The minimum absolute atomic E-state index is 0.367. The predicted octanol–water partition coefficient (Wildman–Crippen LogP) is 18.4. The van der Waals surface area contributed by atoms with Crippen LogP contribution in [0.15, 0.2) is 12.2 Å². The molecule has 0 aliphatic rings. The van der Waals surface area contributed by atoms with Gasteiger partial charge in [0.25, 0.3) is 0 Å². The minimum Gasteiger partial charge on any atom is -0.394 e. The van der Waals surface area contributed by atoms with Crippen LogP contribution in [0, 0.1) is 0 Å². The normalized spacial score (nSPS) is 13.7. The molecule has 0 aliphatic heterocycles. The van der Waals surface area contributed by atoms with E-state index in [0.29, 0.717) is 12.8 Å². The molecule has 0 aromatic heterocycles. The van der Waals surface area contributed by atoms with Crippen molar-refractivity contribution < 1.29 is 25.2 Å². The van der Waals surface area contributed by atoms with E-state index in [1.807, 2.05) is 0 Å². The number of carbonyl (C=O) groups excluding carboxylic acids is 1. The number of unbranched alkanes of at least 4 members (excludes halogenated alkanes) is 47. The Hall–Kier alpha value is -0.950. The highest BCUT2D eigenvalue weighted by Gasteiger charge is 2.28. The van der Waals surface area contributed by atoms with Gasteiger partial charge in [-0.15, -0.1) is 0 Å². The summed E-state index contributed by atoms with van der Waals surface area (Å²) in [4.78, 5) is 12.6. The van der Waals surface area contributed by atoms with E-state index in [-0.39, 0.29) is 0 Å². The summed E-state index contributed by atoms with van der Waals surface area (Å²) in [7, 11) is 0. The molecule has 0 saturated carbocycles. The number of carbonyl (C=O) groups is 1. The number of nitrogens with one attached hydrogen (secondary N) is 1. The predicted molar refractivity (Wildman–Crippen MR) is 298 cm³/mol. The molecule has 0 heterocycles. The smallest absolute Gasteiger partial charge is 0.249 e. The van der Waals surface area contributed by atoms with Crippen LogP contribution < -0.4 is 5.32 Å². The van der Waals surface area contributed by atoms with E-state index in [9.17, 15) is 25.2 Å². The van der Waals surface area contributed by atoms with Crippen molar-refractivity contribution in [3.8, 4) is 0 Å². The van der Waals surface area contributed by atoms with Gasteiger partial charge in [-0.25, -0.2) is 0 Å². The summed E-state index contributed by atoms with van der Waals surface area (Å²) in [5.41, 5.74) is 0. The van der Waals surface area contributed by atoms with Crippen molar-refractivity contribution >= 4 is 5.91 Å². The molecule has 0 aromatic rings. The Morgan fingerprint density at radius 1 is 0.353 bits per heavy atom. The molecule has 5 N–H and O–H groups in total. The van der Waals surface area contributed by atoms with Crippen molar-refractivity contribution in [1.29, 1.82) is 0 Å². The maximum Gasteiger partial charge on any atom is 0.249 e. The number of amides is 1. The molecule has 0 aliphatic carbocycles. The highest BCUT2D eigenvalue weighted by atomic mass is 16.3. The van der Waals surface area contributed by atoms with Crippen LogP contribution in [0.2, 0.25) is 0 Å². The van der Waals surface area contributed by atoms with Crippen LogP contribution in [0.3, 0.4) is 0 Å². The molecule has 6 nitrogen and oxygen atoms in total. The Labute approximate surface area is 425 Å². The van der Waals surface area contributed by atoms with Gasteiger partial charge in [0.15, 0.2) is 0 Å². The van der Waals surface area contributed by atoms with Gasteiger partial charge in [-0.3, -0.25) is 4.79 Å². The summed E-state index contributed by atoms with van der Waals surface area (Å²) < 4.78 is 0. The topological polar surface area (TPSA) is 110 Å². The van der Waals surface area contributed by atoms with Gasteiger partial charge in [0.2, 0.25) is 5.91 Å². The summed E-state index contributed by atoms with van der Waals surface area (Å²) >= 11 is 0. The zero-order valence-electron chi connectivity index (χ0n) is 46.1. The first kappa shape index (κ1) is 67.0. The van der Waals surface area contributed by atoms with E-state index in [0.717, 1.165) is 38.5 Å². The zero-order chi connectivity index (χ0) is 49.5. The van der Waals surface area contributed by atoms with Crippen molar-refractivity contribution in [2.75, 3.05) is 6.61 Å². The standard InChI is InChI=1S/C62H123NO5/c1-3-5-7-9-11-13-15-17-19-21-23-25-27-28-29-30-31-32-34-35-37-39-41-43-45-47-49-51-53-55-59(65)61(67)58(57-64)63-62(68)60(66)56-54-52-50-48-46-44-42-40-38-36-33-26-24-22-20-18-16-14-12-10-8-6-4-2/h36,38,58-61,64-67H,3-35,37,39-57H2,1-2H3,(H,63,68)/b38-36-. The van der Waals surface area contributed by atoms with Gasteiger partial charge in [-0.1, -0.05) is 321 Å². The molecule has 0 aromatic carbocycles. The Morgan fingerprint density at radius 3 is 0.853 bits per heavy atom. The summed E-state index contributed by atoms with van der Waals surface area (Å²) in [5, 5.41) is 44.1. The first-order chi connectivity index (χ1) is 33.5. The number of aliphatic hydroxyl groups excluding tert-OH is 4. The van der Waals surface area contributed by atoms with Crippen molar-refractivity contribution in [3.05, 3.63) is 12.2 Å². The number of allylic oxidation sites excluding steroid dienone is 2. The Morgan fingerprint density at radius 2 is 0.588 bits per heavy atom. The summed E-state index contributed by atoms with van der Waals surface area (Å²) in [6, 6.07) is -0.986. The second kappa shape index (κ2) is 57.0. The van der Waals surface area contributed by atoms with E-state index < -0.39 is 36.9 Å². The molecule has 0 radical (unpaired) electrons. The highest BCUT2D eigenvalue weighted by molar-refractivity contribution is 5.80. The second-order valence-electron chi connectivity index (χ2n) is 21.8. The molecule has 4 atom stereocenters. The van der Waals surface area contributed by atoms with Gasteiger partial charge in [0.05, 0.1) is 18.8 Å². The van der Waals surface area contributed by atoms with Crippen LogP contribution in [0.1, 0.15) is 348 Å². The molecular formula is C62H123NO5. The molecule has 0 saturated heterocycles. The Kier molecular flexibility index (Phi) is 56.2. The molecule has 1 amide bonds. The molecule has 406 valence electrons. The van der Waals surface area contributed by atoms with Crippen molar-refractivity contribution in [3.63, 3.8) is 0 Å². The fourth-order valence-electron chi connectivity index (χ4n) is 10.1. The summed E-state index contributed by atoms with van der Waals surface area (Å²) in [6.45, 7) is 4.10. The fourth-order valence-corrected chi connectivity index (χ4v) is 10.1. The molecule has 4 unspecified atom stereocenters. The van der Waals surface area contributed by atoms with E-state index >= 15 is 0 Å². The van der Waals surface area contributed by atoms with Crippen LogP contribution in [-0.2, 0) is 4.79 Å². The fraction of sp³-hybridized carbons (Fsp3) is 0.952. The van der Waals surface area contributed by atoms with Crippen LogP contribution in [0.5, 0.6) is 0 Å². The van der Waals surface area contributed by atoms with Gasteiger partial charge < -0.3 is 25.7 Å². The lowest BCUT2D eigenvalue weighted by molar-refractivity contribution is -0.132. The highest BCUT2D eigenvalue weighted by Crippen LogP contribution is 2.19. The first-order valence-corrected chi connectivity index (χ1v) is 31.1. The van der Waals surface area contributed by atoms with E-state index in [2.05, 4.69) is 31.3 Å². The van der Waals surface area contributed by atoms with Gasteiger partial charge in [0.1, 0.15) is 12.2 Å². The Balaban J connectivity index is 3.57. The number of rotatable bonds is 58. The average molecular weight is 963 g/mol. The second-order valence-corrected chi connectivity index (χ2v) is 21.8. The van der Waals surface area contributed by atoms with Crippen molar-refractivity contribution in [1.82, 2.24) is 5.32 Å². The molecule has 0 fully saturated rings. The van der Waals surface area contributed by atoms with Gasteiger partial charge in [-0.05, 0) is 38.5 Å². The molecular weight excluding hydrogens is 839 g/mol.